The second-order valence-corrected chi connectivity index (χ2v) is 7.10. The monoisotopic (exact) mass is 345 g/mol. The lowest BCUT2D eigenvalue weighted by molar-refractivity contribution is -0.132. The average molecular weight is 345 g/mol. The molecule has 0 aliphatic carbocycles. The lowest BCUT2D eigenvalue weighted by atomic mass is 10.1. The molecule has 0 atom stereocenters. The molecule has 0 bridgehead atoms. The molecule has 0 saturated heterocycles. The van der Waals surface area contributed by atoms with E-state index in [9.17, 15) is 13.2 Å². The number of sulfonamides is 1. The number of nitrogens with one attached hydrogen (secondary N) is 1. The Balaban J connectivity index is 1.94. The molecule has 0 aliphatic heterocycles. The van der Waals surface area contributed by atoms with Gasteiger partial charge in [-0.25, -0.2) is 17.9 Å². The van der Waals surface area contributed by atoms with Crippen LogP contribution in [-0.4, -0.2) is 26.0 Å². The number of carboxylic acid groups (broad SMARTS) is 1. The van der Waals surface area contributed by atoms with E-state index < -0.39 is 16.0 Å². The highest BCUT2D eigenvalue weighted by Crippen LogP contribution is 2.11. The van der Waals surface area contributed by atoms with Crippen molar-refractivity contribution in [2.75, 3.05) is 6.54 Å². The van der Waals surface area contributed by atoms with E-state index in [4.69, 9.17) is 5.11 Å². The van der Waals surface area contributed by atoms with E-state index in [1.807, 2.05) is 24.3 Å². The fourth-order valence-electron chi connectivity index (χ4n) is 2.10. The van der Waals surface area contributed by atoms with E-state index in [1.165, 1.54) is 6.92 Å². The summed E-state index contributed by atoms with van der Waals surface area (Å²) in [6.07, 6.45) is 2.14. The Labute approximate surface area is 141 Å². The first-order valence-electron chi connectivity index (χ1n) is 7.44. The largest absolute Gasteiger partial charge is 0.478 e. The van der Waals surface area contributed by atoms with Gasteiger partial charge in [-0.3, -0.25) is 0 Å². The minimum Gasteiger partial charge on any atom is -0.478 e. The van der Waals surface area contributed by atoms with Crippen LogP contribution in [0.2, 0.25) is 0 Å². The maximum Gasteiger partial charge on any atom is 0.331 e. The minimum absolute atomic E-state index is 0.245. The maximum atomic E-state index is 12.1. The van der Waals surface area contributed by atoms with Crippen molar-refractivity contribution in [3.63, 3.8) is 0 Å². The maximum absolute atomic E-state index is 12.1. The van der Waals surface area contributed by atoms with Crippen molar-refractivity contribution in [3.05, 3.63) is 71.3 Å². The van der Waals surface area contributed by atoms with Gasteiger partial charge >= 0.3 is 5.97 Å². The molecule has 0 unspecified atom stereocenters. The van der Waals surface area contributed by atoms with Crippen LogP contribution >= 0.6 is 0 Å². The Bertz CT molecular complexity index is 825. The molecule has 0 aliphatic rings. The van der Waals surface area contributed by atoms with Crippen LogP contribution in [0, 0.1) is 0 Å². The molecule has 0 amide bonds. The van der Waals surface area contributed by atoms with Crippen LogP contribution in [0.1, 0.15) is 18.1 Å². The van der Waals surface area contributed by atoms with E-state index >= 15 is 0 Å². The van der Waals surface area contributed by atoms with Crippen molar-refractivity contribution in [1.82, 2.24) is 4.72 Å². The summed E-state index contributed by atoms with van der Waals surface area (Å²) in [5, 5.41) is 8.85. The molecule has 0 heterocycles. The second kappa shape index (κ2) is 7.90. The zero-order valence-corrected chi connectivity index (χ0v) is 14.1. The Morgan fingerprint density at radius 3 is 2.29 bits per heavy atom. The molecule has 0 saturated carbocycles. The van der Waals surface area contributed by atoms with E-state index in [-0.39, 0.29) is 10.5 Å². The Morgan fingerprint density at radius 1 is 1.08 bits per heavy atom. The summed E-state index contributed by atoms with van der Waals surface area (Å²) in [6, 6.07) is 15.6. The number of hydrogen-bond acceptors (Lipinski definition) is 3. The smallest absolute Gasteiger partial charge is 0.331 e. The Hall–Kier alpha value is -2.44. The van der Waals surface area contributed by atoms with Crippen LogP contribution < -0.4 is 4.72 Å². The molecule has 0 spiro atoms. The second-order valence-electron chi connectivity index (χ2n) is 5.33. The third-order valence-corrected chi connectivity index (χ3v) is 4.94. The van der Waals surface area contributed by atoms with Crippen molar-refractivity contribution >= 4 is 22.1 Å². The van der Waals surface area contributed by atoms with Gasteiger partial charge in [0.2, 0.25) is 10.0 Å². The molecular weight excluding hydrogens is 326 g/mol. The van der Waals surface area contributed by atoms with Crippen molar-refractivity contribution in [1.29, 1.82) is 0 Å². The third kappa shape index (κ3) is 5.04. The first kappa shape index (κ1) is 17.9. The molecular formula is C18H19NO4S. The first-order chi connectivity index (χ1) is 11.4. The summed E-state index contributed by atoms with van der Waals surface area (Å²) in [4.78, 5) is 11.0. The van der Waals surface area contributed by atoms with Gasteiger partial charge in [0.05, 0.1) is 4.90 Å². The predicted octanol–water partition coefficient (Wildman–Crippen LogP) is 2.70. The molecule has 5 nitrogen and oxygen atoms in total. The van der Waals surface area contributed by atoms with Crippen LogP contribution in [0.4, 0.5) is 0 Å². The molecule has 6 heteroatoms. The lowest BCUT2D eigenvalue weighted by Crippen LogP contribution is -2.25. The zero-order valence-electron chi connectivity index (χ0n) is 13.3. The predicted molar refractivity (Wildman–Crippen MR) is 93.1 cm³/mol. The van der Waals surface area contributed by atoms with Gasteiger partial charge in [0.15, 0.2) is 0 Å². The number of aliphatic carboxylic acids is 1. The van der Waals surface area contributed by atoms with Gasteiger partial charge in [0, 0.05) is 12.1 Å². The summed E-state index contributed by atoms with van der Waals surface area (Å²) in [5.41, 5.74) is 2.03. The SMILES string of the molecule is C/C(=C\c1ccc(CCNS(=O)(=O)c2ccccc2)cc1)C(=O)O. The van der Waals surface area contributed by atoms with Crippen molar-refractivity contribution in [3.8, 4) is 0 Å². The van der Waals surface area contributed by atoms with Gasteiger partial charge in [0.1, 0.15) is 0 Å². The highest BCUT2D eigenvalue weighted by molar-refractivity contribution is 7.89. The number of carbonyl (C=O) groups is 1. The number of benzene rings is 2. The Morgan fingerprint density at radius 2 is 1.71 bits per heavy atom. The topological polar surface area (TPSA) is 83.5 Å². The van der Waals surface area contributed by atoms with Gasteiger partial charge in [-0.2, -0.15) is 0 Å². The van der Waals surface area contributed by atoms with Crippen molar-refractivity contribution < 1.29 is 18.3 Å². The summed E-state index contributed by atoms with van der Waals surface area (Å²) >= 11 is 0. The van der Waals surface area contributed by atoms with Gasteiger partial charge in [-0.1, -0.05) is 42.5 Å². The number of hydrogen-bond donors (Lipinski definition) is 2. The molecule has 24 heavy (non-hydrogen) atoms. The van der Waals surface area contributed by atoms with Gasteiger partial charge < -0.3 is 5.11 Å². The van der Waals surface area contributed by atoms with E-state index in [1.54, 1.807) is 36.4 Å². The van der Waals surface area contributed by atoms with E-state index in [0.717, 1.165) is 11.1 Å². The minimum atomic E-state index is -3.49. The molecule has 126 valence electrons. The quantitative estimate of drug-likeness (QED) is 0.756. The molecule has 0 fully saturated rings. The van der Waals surface area contributed by atoms with Crippen LogP contribution in [0.3, 0.4) is 0 Å². The molecule has 2 N–H and O–H groups in total. The average Bonchev–Trinajstić information content (AvgIpc) is 2.57. The molecule has 2 aromatic rings. The van der Waals surface area contributed by atoms with Gasteiger partial charge in [-0.05, 0) is 42.7 Å². The summed E-state index contributed by atoms with van der Waals surface area (Å²) in [7, 11) is -3.49. The number of carboxylic acids is 1. The first-order valence-corrected chi connectivity index (χ1v) is 8.92. The fraction of sp³-hybridized carbons (Fsp3) is 0.167. The van der Waals surface area contributed by atoms with E-state index in [2.05, 4.69) is 4.72 Å². The van der Waals surface area contributed by atoms with E-state index in [0.29, 0.717) is 13.0 Å². The standard InChI is InChI=1S/C18H19NO4S/c1-14(18(20)21)13-16-9-7-15(8-10-16)11-12-19-24(22,23)17-5-3-2-4-6-17/h2-10,13,19H,11-12H2,1H3,(H,20,21)/b14-13+. The molecule has 0 radical (unpaired) electrons. The highest BCUT2D eigenvalue weighted by Gasteiger charge is 2.12. The summed E-state index contributed by atoms with van der Waals surface area (Å²) in [5.74, 6) is -0.950. The Kier molecular flexibility index (Phi) is 5.89. The fourth-order valence-corrected chi connectivity index (χ4v) is 3.16. The molecule has 0 aromatic heterocycles. The normalized spacial score (nSPS) is 12.1. The number of rotatable bonds is 7. The van der Waals surface area contributed by atoms with Crippen LogP contribution in [0.15, 0.2) is 65.1 Å². The highest BCUT2D eigenvalue weighted by atomic mass is 32.2. The van der Waals surface area contributed by atoms with Crippen LogP contribution in [0.5, 0.6) is 0 Å². The van der Waals surface area contributed by atoms with Crippen molar-refractivity contribution in [2.45, 2.75) is 18.2 Å². The lowest BCUT2D eigenvalue weighted by Gasteiger charge is -2.07. The van der Waals surface area contributed by atoms with Crippen molar-refractivity contribution in [2.24, 2.45) is 0 Å². The van der Waals surface area contributed by atoms with Gasteiger partial charge in [0.25, 0.3) is 0 Å². The third-order valence-electron chi connectivity index (χ3n) is 3.46. The zero-order chi connectivity index (χ0) is 17.6. The summed E-state index contributed by atoms with van der Waals surface area (Å²) in [6.45, 7) is 1.83. The van der Waals surface area contributed by atoms with Crippen LogP contribution in [-0.2, 0) is 21.2 Å². The van der Waals surface area contributed by atoms with Crippen LogP contribution in [0.25, 0.3) is 6.08 Å². The van der Waals surface area contributed by atoms with Gasteiger partial charge in [-0.15, -0.1) is 0 Å². The molecule has 2 aromatic carbocycles. The summed E-state index contributed by atoms with van der Waals surface area (Å²) < 4.78 is 26.7. The molecule has 2 rings (SSSR count).